The Morgan fingerprint density at radius 2 is 1.58 bits per heavy atom. The van der Waals surface area contributed by atoms with Gasteiger partial charge < -0.3 is 10.1 Å². The summed E-state index contributed by atoms with van der Waals surface area (Å²) in [6.07, 6.45) is 1.95. The number of carbonyl (C=O) groups excluding carboxylic acids is 2. The summed E-state index contributed by atoms with van der Waals surface area (Å²) in [6, 6.07) is 15.2. The van der Waals surface area contributed by atoms with Crippen molar-refractivity contribution in [2.75, 3.05) is 6.61 Å². The van der Waals surface area contributed by atoms with E-state index in [1.54, 1.807) is 12.1 Å². The molecule has 0 spiro atoms. The molecule has 0 radical (unpaired) electrons. The van der Waals surface area contributed by atoms with Crippen molar-refractivity contribution >= 4 is 27.9 Å². The fraction of sp³-hybridized carbons (Fsp3) is 0.222. The van der Waals surface area contributed by atoms with Gasteiger partial charge in [0.1, 0.15) is 5.75 Å². The van der Waals surface area contributed by atoms with Crippen molar-refractivity contribution in [1.29, 1.82) is 0 Å². The monoisotopic (exact) mass is 388 g/mol. The average Bonchev–Trinajstić information content (AvgIpc) is 3.38. The molecule has 0 saturated heterocycles. The number of benzene rings is 2. The zero-order chi connectivity index (χ0) is 16.9. The zero-order valence-corrected chi connectivity index (χ0v) is 14.5. The molecule has 2 aromatic carbocycles. The zero-order valence-electron chi connectivity index (χ0n) is 12.9. The van der Waals surface area contributed by atoms with Gasteiger partial charge in [-0.05, 0) is 48.2 Å². The third kappa shape index (κ3) is 4.83. The van der Waals surface area contributed by atoms with Crippen LogP contribution in [0.5, 0.6) is 5.75 Å². The van der Waals surface area contributed by atoms with E-state index in [4.69, 9.17) is 4.74 Å². The Morgan fingerprint density at radius 1 is 1.00 bits per heavy atom. The van der Waals surface area contributed by atoms with Crippen LogP contribution in [-0.4, -0.2) is 24.6 Å². The molecule has 1 fully saturated rings. The summed E-state index contributed by atoms with van der Waals surface area (Å²) in [6.45, 7) is -0.199. The molecule has 2 aromatic rings. The van der Waals surface area contributed by atoms with E-state index in [1.165, 1.54) is 0 Å². The number of nitrogens with one attached hydrogen (secondary N) is 2. The first-order chi connectivity index (χ1) is 11.6. The molecule has 0 unspecified atom stereocenters. The second-order valence-corrected chi connectivity index (χ2v) is 6.53. The van der Waals surface area contributed by atoms with Crippen LogP contribution in [0.25, 0.3) is 11.1 Å². The summed E-state index contributed by atoms with van der Waals surface area (Å²) < 4.78 is 6.43. The molecule has 5 nitrogen and oxygen atoms in total. The number of ether oxygens (including phenoxy) is 1. The van der Waals surface area contributed by atoms with Crippen molar-refractivity contribution in [2.24, 2.45) is 0 Å². The number of imide groups is 1. The van der Waals surface area contributed by atoms with Gasteiger partial charge in [-0.2, -0.15) is 0 Å². The minimum absolute atomic E-state index is 0.199. The highest BCUT2D eigenvalue weighted by molar-refractivity contribution is 9.10. The van der Waals surface area contributed by atoms with Crippen LogP contribution in [0, 0.1) is 0 Å². The maximum absolute atomic E-state index is 11.6. The number of hydrogen-bond donors (Lipinski definition) is 2. The molecule has 0 bridgehead atoms. The number of amides is 3. The summed E-state index contributed by atoms with van der Waals surface area (Å²) in [5.74, 6) is 0.110. The van der Waals surface area contributed by atoms with Gasteiger partial charge >= 0.3 is 6.03 Å². The highest BCUT2D eigenvalue weighted by Gasteiger charge is 2.23. The van der Waals surface area contributed by atoms with Crippen LogP contribution in [0.1, 0.15) is 12.8 Å². The van der Waals surface area contributed by atoms with Crippen LogP contribution < -0.4 is 15.4 Å². The maximum atomic E-state index is 11.6. The van der Waals surface area contributed by atoms with Gasteiger partial charge in [0.2, 0.25) is 0 Å². The van der Waals surface area contributed by atoms with E-state index >= 15 is 0 Å². The van der Waals surface area contributed by atoms with E-state index in [-0.39, 0.29) is 12.6 Å². The normalized spacial score (nSPS) is 13.2. The van der Waals surface area contributed by atoms with E-state index in [0.717, 1.165) is 28.4 Å². The lowest BCUT2D eigenvalue weighted by Gasteiger charge is -2.08. The van der Waals surface area contributed by atoms with Crippen LogP contribution in [-0.2, 0) is 4.79 Å². The summed E-state index contributed by atoms with van der Waals surface area (Å²) in [5, 5.41) is 4.93. The summed E-state index contributed by atoms with van der Waals surface area (Å²) >= 11 is 3.41. The lowest BCUT2D eigenvalue weighted by Crippen LogP contribution is -2.42. The predicted octanol–water partition coefficient (Wildman–Crippen LogP) is 3.48. The Hall–Kier alpha value is -2.34. The first kappa shape index (κ1) is 16.5. The van der Waals surface area contributed by atoms with E-state index in [0.29, 0.717) is 5.75 Å². The number of halogens is 1. The third-order valence-corrected chi connectivity index (χ3v) is 4.10. The van der Waals surface area contributed by atoms with Crippen LogP contribution in [0.4, 0.5) is 4.79 Å². The van der Waals surface area contributed by atoms with Crippen molar-refractivity contribution in [3.8, 4) is 16.9 Å². The van der Waals surface area contributed by atoms with Crippen LogP contribution in [0.15, 0.2) is 53.0 Å². The van der Waals surface area contributed by atoms with Gasteiger partial charge in [0.25, 0.3) is 5.91 Å². The van der Waals surface area contributed by atoms with Gasteiger partial charge in [0.15, 0.2) is 6.61 Å². The predicted molar refractivity (Wildman–Crippen MR) is 94.8 cm³/mol. The van der Waals surface area contributed by atoms with Gasteiger partial charge in [-0.15, -0.1) is 0 Å². The molecule has 0 aliphatic heterocycles. The van der Waals surface area contributed by atoms with Crippen molar-refractivity contribution in [2.45, 2.75) is 18.9 Å². The van der Waals surface area contributed by atoms with Crippen LogP contribution in [0.3, 0.4) is 0 Å². The number of carbonyl (C=O) groups is 2. The van der Waals surface area contributed by atoms with Crippen molar-refractivity contribution in [3.63, 3.8) is 0 Å². The minimum atomic E-state index is -0.467. The van der Waals surface area contributed by atoms with E-state index in [2.05, 4.69) is 26.6 Å². The molecule has 2 N–H and O–H groups in total. The highest BCUT2D eigenvalue weighted by Crippen LogP contribution is 2.24. The lowest BCUT2D eigenvalue weighted by atomic mass is 10.1. The Morgan fingerprint density at radius 3 is 2.17 bits per heavy atom. The molecule has 0 atom stereocenters. The molecule has 3 rings (SSSR count). The second-order valence-electron chi connectivity index (χ2n) is 5.62. The second kappa shape index (κ2) is 7.49. The molecule has 1 aliphatic carbocycles. The average molecular weight is 389 g/mol. The summed E-state index contributed by atoms with van der Waals surface area (Å²) in [4.78, 5) is 23.1. The Labute approximate surface area is 148 Å². The molecule has 124 valence electrons. The van der Waals surface area contributed by atoms with Crippen LogP contribution in [0.2, 0.25) is 0 Å². The first-order valence-corrected chi connectivity index (χ1v) is 8.48. The molecular formula is C18H17BrN2O3. The van der Waals surface area contributed by atoms with Gasteiger partial charge in [0, 0.05) is 10.5 Å². The summed E-state index contributed by atoms with van der Waals surface area (Å²) in [5.41, 5.74) is 2.15. The van der Waals surface area contributed by atoms with Crippen LogP contribution >= 0.6 is 15.9 Å². The molecule has 3 amide bonds. The molecule has 0 heterocycles. The van der Waals surface area contributed by atoms with Crippen molar-refractivity contribution in [3.05, 3.63) is 53.0 Å². The van der Waals surface area contributed by atoms with Crippen molar-refractivity contribution < 1.29 is 14.3 Å². The fourth-order valence-corrected chi connectivity index (χ4v) is 2.41. The standard InChI is InChI=1S/C18H17BrN2O3/c19-14-5-1-12(2-6-14)13-3-9-16(10-4-13)24-11-17(22)21-18(23)20-15-7-8-15/h1-6,9-10,15H,7-8,11H2,(H2,20,21,22,23). The maximum Gasteiger partial charge on any atom is 0.321 e. The van der Waals surface area contributed by atoms with E-state index in [9.17, 15) is 9.59 Å². The largest absolute Gasteiger partial charge is 0.484 e. The van der Waals surface area contributed by atoms with E-state index in [1.807, 2.05) is 36.4 Å². The van der Waals surface area contributed by atoms with Gasteiger partial charge in [-0.25, -0.2) is 4.79 Å². The SMILES string of the molecule is O=C(COc1ccc(-c2ccc(Br)cc2)cc1)NC(=O)NC1CC1. The number of urea groups is 1. The molecule has 1 saturated carbocycles. The highest BCUT2D eigenvalue weighted by atomic mass is 79.9. The topological polar surface area (TPSA) is 67.4 Å². The molecule has 24 heavy (non-hydrogen) atoms. The lowest BCUT2D eigenvalue weighted by molar-refractivity contribution is -0.122. The first-order valence-electron chi connectivity index (χ1n) is 7.69. The molecule has 1 aliphatic rings. The molecular weight excluding hydrogens is 372 g/mol. The molecule has 6 heteroatoms. The van der Waals surface area contributed by atoms with E-state index < -0.39 is 11.9 Å². The smallest absolute Gasteiger partial charge is 0.321 e. The number of rotatable bonds is 5. The third-order valence-electron chi connectivity index (χ3n) is 3.57. The quantitative estimate of drug-likeness (QED) is 0.823. The Balaban J connectivity index is 1.49. The number of hydrogen-bond acceptors (Lipinski definition) is 3. The summed E-state index contributed by atoms with van der Waals surface area (Å²) in [7, 11) is 0. The molecule has 0 aromatic heterocycles. The van der Waals surface area contributed by atoms with Gasteiger partial charge in [-0.3, -0.25) is 10.1 Å². The fourth-order valence-electron chi connectivity index (χ4n) is 2.15. The Bertz CT molecular complexity index is 725. The van der Waals surface area contributed by atoms with Gasteiger partial charge in [0.05, 0.1) is 0 Å². The van der Waals surface area contributed by atoms with Gasteiger partial charge in [-0.1, -0.05) is 40.2 Å². The Kier molecular flexibility index (Phi) is 5.15. The minimum Gasteiger partial charge on any atom is -0.484 e. The van der Waals surface area contributed by atoms with Crippen molar-refractivity contribution in [1.82, 2.24) is 10.6 Å².